The lowest BCUT2D eigenvalue weighted by molar-refractivity contribution is -0.115. The van der Waals surface area contributed by atoms with Crippen molar-refractivity contribution in [3.63, 3.8) is 0 Å². The smallest absolute Gasteiger partial charge is 0.230 e. The fraction of sp³-hybridized carbons (Fsp3) is 0.0833. The summed E-state index contributed by atoms with van der Waals surface area (Å²) in [6, 6.07) is 19.7. The minimum atomic E-state index is -0.478. The Labute approximate surface area is 187 Å². The van der Waals surface area contributed by atoms with Crippen LogP contribution < -0.4 is 5.32 Å². The molecule has 3 aromatic heterocycles. The second kappa shape index (κ2) is 8.32. The number of benzene rings is 2. The van der Waals surface area contributed by atoms with Crippen LogP contribution in [0.4, 0.5) is 10.1 Å². The predicted octanol–water partition coefficient (Wildman–Crippen LogP) is 5.17. The fourth-order valence-electron chi connectivity index (χ4n) is 3.48. The predicted molar refractivity (Wildman–Crippen MR) is 123 cm³/mol. The van der Waals surface area contributed by atoms with Crippen molar-refractivity contribution in [1.82, 2.24) is 19.7 Å². The van der Waals surface area contributed by atoms with Gasteiger partial charge in [-0.05, 0) is 49.4 Å². The van der Waals surface area contributed by atoms with E-state index in [9.17, 15) is 9.18 Å². The zero-order valence-corrected chi connectivity index (χ0v) is 17.9. The Hall–Kier alpha value is -3.91. The first kappa shape index (κ1) is 20.0. The molecule has 1 N–H and O–H groups in total. The second-order valence-corrected chi connectivity index (χ2v) is 8.20. The van der Waals surface area contributed by atoms with Crippen molar-refractivity contribution < 1.29 is 9.18 Å². The number of anilines is 1. The van der Waals surface area contributed by atoms with Gasteiger partial charge in [0.1, 0.15) is 5.82 Å². The standard InChI is InChI=1S/C24H18FN5OS/c1-15-5-4-8-23(27-15)30-21(16-9-10-20-22(11-16)32-14-26-20)12-17(29-30)13-24(31)28-19-7-3-2-6-18(19)25/h2-12,14H,13H2,1H3,(H,28,31). The maximum Gasteiger partial charge on any atom is 0.230 e. The molecule has 6 nitrogen and oxygen atoms in total. The highest BCUT2D eigenvalue weighted by atomic mass is 32.1. The summed E-state index contributed by atoms with van der Waals surface area (Å²) in [6.07, 6.45) is 0.00293. The monoisotopic (exact) mass is 443 g/mol. The van der Waals surface area contributed by atoms with Crippen LogP contribution in [0.5, 0.6) is 0 Å². The van der Waals surface area contributed by atoms with Crippen LogP contribution in [-0.2, 0) is 11.2 Å². The molecule has 0 aliphatic carbocycles. The molecule has 158 valence electrons. The molecular weight excluding hydrogens is 425 g/mol. The summed E-state index contributed by atoms with van der Waals surface area (Å²) in [6.45, 7) is 1.92. The van der Waals surface area contributed by atoms with Crippen LogP contribution in [-0.4, -0.2) is 25.7 Å². The van der Waals surface area contributed by atoms with Gasteiger partial charge in [0.05, 0.1) is 39.2 Å². The Morgan fingerprint density at radius 2 is 1.97 bits per heavy atom. The lowest BCUT2D eigenvalue weighted by Crippen LogP contribution is -2.15. The van der Waals surface area contributed by atoms with Gasteiger partial charge in [0.2, 0.25) is 5.91 Å². The van der Waals surface area contributed by atoms with E-state index in [-0.39, 0.29) is 18.0 Å². The van der Waals surface area contributed by atoms with E-state index in [0.717, 1.165) is 27.2 Å². The normalized spacial score (nSPS) is 11.1. The molecule has 3 heterocycles. The first-order chi connectivity index (χ1) is 15.6. The van der Waals surface area contributed by atoms with Gasteiger partial charge in [-0.2, -0.15) is 5.10 Å². The maximum atomic E-state index is 13.9. The highest BCUT2D eigenvalue weighted by Crippen LogP contribution is 2.28. The number of nitrogens with one attached hydrogen (secondary N) is 1. The quantitative estimate of drug-likeness (QED) is 0.407. The summed E-state index contributed by atoms with van der Waals surface area (Å²) in [7, 11) is 0. The van der Waals surface area contributed by atoms with E-state index in [1.807, 2.05) is 48.8 Å². The van der Waals surface area contributed by atoms with E-state index in [1.165, 1.54) is 12.1 Å². The second-order valence-electron chi connectivity index (χ2n) is 7.31. The Morgan fingerprint density at radius 3 is 2.81 bits per heavy atom. The van der Waals surface area contributed by atoms with Gasteiger partial charge >= 0.3 is 0 Å². The summed E-state index contributed by atoms with van der Waals surface area (Å²) in [5, 5.41) is 7.27. The Morgan fingerprint density at radius 1 is 1.09 bits per heavy atom. The fourth-order valence-corrected chi connectivity index (χ4v) is 4.20. The third kappa shape index (κ3) is 4.00. The van der Waals surface area contributed by atoms with Gasteiger partial charge in [0, 0.05) is 11.3 Å². The summed E-state index contributed by atoms with van der Waals surface area (Å²) in [5.41, 5.74) is 6.07. The van der Waals surface area contributed by atoms with Crippen molar-refractivity contribution in [2.45, 2.75) is 13.3 Å². The van der Waals surface area contributed by atoms with Gasteiger partial charge in [-0.1, -0.05) is 24.3 Å². The summed E-state index contributed by atoms with van der Waals surface area (Å²) < 4.78 is 16.7. The molecule has 0 unspecified atom stereocenters. The first-order valence-corrected chi connectivity index (χ1v) is 10.9. The number of aryl methyl sites for hydroxylation is 1. The number of para-hydroxylation sites is 1. The number of fused-ring (bicyclic) bond motifs is 1. The Balaban J connectivity index is 1.52. The number of carbonyl (C=O) groups excluding carboxylic acids is 1. The number of hydrogen-bond acceptors (Lipinski definition) is 5. The summed E-state index contributed by atoms with van der Waals surface area (Å²) in [4.78, 5) is 21.5. The van der Waals surface area contributed by atoms with E-state index in [1.54, 1.807) is 28.2 Å². The van der Waals surface area contributed by atoms with Crippen molar-refractivity contribution in [1.29, 1.82) is 0 Å². The van der Waals surface area contributed by atoms with E-state index < -0.39 is 5.82 Å². The lowest BCUT2D eigenvalue weighted by Gasteiger charge is -2.07. The molecule has 5 rings (SSSR count). The Bertz CT molecular complexity index is 1440. The topological polar surface area (TPSA) is 72.7 Å². The highest BCUT2D eigenvalue weighted by molar-refractivity contribution is 7.16. The van der Waals surface area contributed by atoms with E-state index >= 15 is 0 Å². The zero-order valence-electron chi connectivity index (χ0n) is 17.1. The van der Waals surface area contributed by atoms with Crippen LogP contribution in [0.25, 0.3) is 27.3 Å². The maximum absolute atomic E-state index is 13.9. The molecular formula is C24H18FN5OS. The number of halogens is 1. The zero-order chi connectivity index (χ0) is 22.1. The summed E-state index contributed by atoms with van der Waals surface area (Å²) >= 11 is 1.56. The highest BCUT2D eigenvalue weighted by Gasteiger charge is 2.16. The number of pyridine rings is 1. The number of aromatic nitrogens is 4. The van der Waals surface area contributed by atoms with Crippen molar-refractivity contribution in [3.8, 4) is 17.1 Å². The molecule has 0 saturated carbocycles. The van der Waals surface area contributed by atoms with Gasteiger partial charge < -0.3 is 5.32 Å². The Kier molecular flexibility index (Phi) is 5.20. The number of carbonyl (C=O) groups is 1. The lowest BCUT2D eigenvalue weighted by atomic mass is 10.1. The van der Waals surface area contributed by atoms with Crippen molar-refractivity contribution in [2.75, 3.05) is 5.32 Å². The van der Waals surface area contributed by atoms with Gasteiger partial charge in [-0.3, -0.25) is 4.79 Å². The minimum Gasteiger partial charge on any atom is -0.323 e. The number of amides is 1. The molecule has 0 bridgehead atoms. The molecule has 0 fully saturated rings. The number of thiazole rings is 1. The third-order valence-electron chi connectivity index (χ3n) is 4.97. The molecule has 5 aromatic rings. The van der Waals surface area contributed by atoms with Gasteiger partial charge in [-0.25, -0.2) is 19.0 Å². The van der Waals surface area contributed by atoms with E-state index in [2.05, 4.69) is 26.4 Å². The molecule has 0 radical (unpaired) electrons. The van der Waals surface area contributed by atoms with Crippen LogP contribution in [0.2, 0.25) is 0 Å². The SMILES string of the molecule is Cc1cccc(-n2nc(CC(=O)Nc3ccccc3F)cc2-c2ccc3ncsc3c2)n1. The molecule has 0 aliphatic heterocycles. The van der Waals surface area contributed by atoms with Crippen molar-refractivity contribution in [2.24, 2.45) is 0 Å². The van der Waals surface area contributed by atoms with Gasteiger partial charge in [-0.15, -0.1) is 11.3 Å². The first-order valence-electron chi connectivity index (χ1n) is 9.98. The van der Waals surface area contributed by atoms with Crippen LogP contribution in [0.3, 0.4) is 0 Å². The van der Waals surface area contributed by atoms with Gasteiger partial charge in [0.15, 0.2) is 5.82 Å². The number of rotatable bonds is 5. The summed E-state index contributed by atoms with van der Waals surface area (Å²) in [5.74, 6) is -0.166. The molecule has 32 heavy (non-hydrogen) atoms. The van der Waals surface area contributed by atoms with Crippen LogP contribution in [0.15, 0.2) is 72.2 Å². The van der Waals surface area contributed by atoms with Crippen LogP contribution >= 0.6 is 11.3 Å². The number of hydrogen-bond donors (Lipinski definition) is 1. The molecule has 0 atom stereocenters. The molecule has 0 spiro atoms. The third-order valence-corrected chi connectivity index (χ3v) is 5.76. The average molecular weight is 444 g/mol. The molecule has 2 aromatic carbocycles. The van der Waals surface area contributed by atoms with Crippen molar-refractivity contribution in [3.05, 3.63) is 89.4 Å². The average Bonchev–Trinajstić information content (AvgIpc) is 3.42. The van der Waals surface area contributed by atoms with Crippen LogP contribution in [0, 0.1) is 12.7 Å². The molecule has 0 saturated heterocycles. The minimum absolute atomic E-state index is 0.00293. The molecule has 0 aliphatic rings. The molecule has 8 heteroatoms. The largest absolute Gasteiger partial charge is 0.323 e. The van der Waals surface area contributed by atoms with Gasteiger partial charge in [0.25, 0.3) is 0 Å². The molecule has 1 amide bonds. The number of nitrogens with zero attached hydrogens (tertiary/aromatic N) is 4. The van der Waals surface area contributed by atoms with Crippen LogP contribution in [0.1, 0.15) is 11.4 Å². The van der Waals surface area contributed by atoms with Crippen molar-refractivity contribution >= 4 is 33.1 Å². The van der Waals surface area contributed by atoms with E-state index in [0.29, 0.717) is 11.5 Å². The van der Waals surface area contributed by atoms with E-state index in [4.69, 9.17) is 0 Å².